The van der Waals surface area contributed by atoms with Crippen molar-refractivity contribution in [2.75, 3.05) is 113 Å². The van der Waals surface area contributed by atoms with E-state index in [0.717, 1.165) is 0 Å². The zero-order chi connectivity index (χ0) is 37.2. The van der Waals surface area contributed by atoms with Crippen LogP contribution in [0.15, 0.2) is 0 Å². The maximum absolute atomic E-state index is 10.8. The number of urea groups is 2. The number of rotatable bonds is 2. The molecule has 0 fully saturated rings. The topological polar surface area (TPSA) is 212 Å². The molecule has 0 aliphatic carbocycles. The fourth-order valence-corrected chi connectivity index (χ4v) is 0.783. The second-order valence-corrected chi connectivity index (χ2v) is 8.66. The Hall–Kier alpha value is -1.33. The van der Waals surface area contributed by atoms with Gasteiger partial charge in [0.15, 0.2) is 12.1 Å². The summed E-state index contributed by atoms with van der Waals surface area (Å²) in [6, 6.07) is -0.389. The molecular weight excluding hydrogens is 847 g/mol. The van der Waals surface area contributed by atoms with Gasteiger partial charge in [0.25, 0.3) is 0 Å². The van der Waals surface area contributed by atoms with Crippen LogP contribution in [0.4, 0.5) is 9.59 Å². The normalized spacial score (nSPS) is 7.11. The fourth-order valence-electron chi connectivity index (χ4n) is 0.783. The minimum absolute atomic E-state index is 0. The van der Waals surface area contributed by atoms with Crippen LogP contribution in [0.5, 0.6) is 0 Å². The molecule has 0 aromatic heterocycles. The third-order valence-electron chi connectivity index (χ3n) is 3.14. The predicted octanol–water partition coefficient (Wildman–Crippen LogP) is 0.802. The average Bonchev–Trinajstić information content (AvgIpc) is 2.96. The van der Waals surface area contributed by atoms with Crippen LogP contribution in [-0.2, 0) is 127 Å². The summed E-state index contributed by atoms with van der Waals surface area (Å²) in [4.78, 5) is 88.1. The number of hydrogen-bond donors (Lipinski definition) is 0. The van der Waals surface area contributed by atoms with Crippen LogP contribution in [0.1, 0.15) is 13.8 Å². The van der Waals surface area contributed by atoms with Crippen molar-refractivity contribution < 1.29 is 136 Å². The van der Waals surface area contributed by atoms with Crippen LogP contribution >= 0.6 is 0 Å². The number of likely N-dealkylation sites (N-methyl/N-ethyl adjacent to an activating group) is 2. The van der Waals surface area contributed by atoms with Crippen LogP contribution in [0, 0.1) is 0 Å². The van der Waals surface area contributed by atoms with Crippen molar-refractivity contribution in [1.29, 1.82) is 0 Å². The smallest absolute Gasteiger partial charge is 0.311 e. The largest absolute Gasteiger partial charge is 0.656 e. The van der Waals surface area contributed by atoms with Crippen molar-refractivity contribution in [1.82, 2.24) is 29.4 Å². The number of nitrogens with zero attached hydrogens (tertiary/aromatic N) is 10. The summed E-state index contributed by atoms with van der Waals surface area (Å²) in [7, 11) is 25.3. The predicted molar refractivity (Wildman–Crippen MR) is 173 cm³/mol. The van der Waals surface area contributed by atoms with E-state index in [2.05, 4.69) is 21.3 Å². The zero-order valence-corrected chi connectivity index (χ0v) is 40.0. The van der Waals surface area contributed by atoms with Gasteiger partial charge < -0.3 is 69.8 Å². The minimum Gasteiger partial charge on any atom is -0.656 e. The SMILES string of the molecule is CN(C)C(=O)C(=O)N(C)C.CN(C)[C-]=O.CN(C)[C-]=O.C[N-]C(=O)N(C)C.C[N-]C(=O)N(C)C.C[N-]C(C)=O.C[N-]C(C)=O.[Y].[Y].[Y]. The summed E-state index contributed by atoms with van der Waals surface area (Å²) in [5.41, 5.74) is 0. The third-order valence-corrected chi connectivity index (χ3v) is 3.14. The number of amides is 10. The molecule has 18 nitrogen and oxygen atoms in total. The molecule has 0 aromatic rings. The van der Waals surface area contributed by atoms with Crippen molar-refractivity contribution in [3.8, 4) is 0 Å². The van der Waals surface area contributed by atoms with E-state index in [1.54, 1.807) is 97.4 Å². The molecule has 0 saturated carbocycles. The molecule has 0 atom stereocenters. The van der Waals surface area contributed by atoms with Gasteiger partial charge in [-0.2, -0.15) is 12.8 Å². The molecule has 0 saturated heterocycles. The first-order chi connectivity index (χ1) is 19.9. The molecule has 271 valence electrons. The summed E-state index contributed by atoms with van der Waals surface area (Å²) in [6.45, 7) is 2.83. The number of carbonyl (C=O) groups is 6. The molecule has 0 unspecified atom stereocenters. The van der Waals surface area contributed by atoms with Gasteiger partial charge in [0, 0.05) is 138 Å². The van der Waals surface area contributed by atoms with Crippen LogP contribution in [0.2, 0.25) is 0 Å². The van der Waals surface area contributed by atoms with Crippen molar-refractivity contribution in [3.05, 3.63) is 21.3 Å². The standard InChI is InChI=1S/C6H12N2O2.2C4H10N2O.2C3H6NO.2C3H7NO.3Y/c1-7(2)5(9)6(10)8(3)4;2*1-5-4(7)6(2)3;2*1-4(2)3-5;2*1-3(5)4-2;;;/h1-4H3;2*1-3H3,(H,5,7);2*1-2H3;2*1-2H3,(H,4,5);;;/q;;;2*-1;;;;;/p-4. The van der Waals surface area contributed by atoms with Crippen molar-refractivity contribution in [2.45, 2.75) is 13.8 Å². The molecule has 0 N–H and O–H groups in total. The Kier molecular flexibility index (Phi) is 78.5. The molecule has 0 aliphatic rings. The van der Waals surface area contributed by atoms with E-state index in [1.807, 2.05) is 0 Å². The molecule has 10 amide bonds. The van der Waals surface area contributed by atoms with Gasteiger partial charge in [0.05, 0.1) is 0 Å². The van der Waals surface area contributed by atoms with E-state index in [4.69, 9.17) is 0 Å². The van der Waals surface area contributed by atoms with Crippen molar-refractivity contribution in [2.24, 2.45) is 0 Å². The van der Waals surface area contributed by atoms with Crippen LogP contribution in [0.3, 0.4) is 0 Å². The Bertz CT molecular complexity index is 741. The van der Waals surface area contributed by atoms with Gasteiger partial charge in [-0.3, -0.25) is 19.2 Å². The molecule has 0 heterocycles. The molecule has 0 rings (SSSR count). The van der Waals surface area contributed by atoms with Crippen LogP contribution in [-0.4, -0.2) is 191 Å². The molecule has 47 heavy (non-hydrogen) atoms. The zero-order valence-electron chi connectivity index (χ0n) is 31.5. The van der Waals surface area contributed by atoms with E-state index in [-0.39, 0.29) is 122 Å². The summed E-state index contributed by atoms with van der Waals surface area (Å²) in [5, 5.41) is 13.2. The second kappa shape index (κ2) is 51.5. The van der Waals surface area contributed by atoms with E-state index in [9.17, 15) is 38.4 Å². The molecule has 0 aliphatic heterocycles. The van der Waals surface area contributed by atoms with Crippen molar-refractivity contribution in [3.63, 3.8) is 0 Å². The summed E-state index contributed by atoms with van der Waals surface area (Å²) in [5.74, 6) is -1.23. The monoisotopic (exact) mass is 901 g/mol. The van der Waals surface area contributed by atoms with Crippen LogP contribution in [0.25, 0.3) is 21.3 Å². The number of carbonyl (C=O) groups excluding carboxylic acids is 8. The Balaban J connectivity index is -0.0000000427. The maximum atomic E-state index is 10.8. The van der Waals surface area contributed by atoms with Gasteiger partial charge in [-0.1, -0.05) is 42.3 Å². The Labute approximate surface area is 358 Å². The Morgan fingerprint density at radius 3 is 0.574 bits per heavy atom. The second-order valence-electron chi connectivity index (χ2n) is 8.66. The van der Waals surface area contributed by atoms with Gasteiger partial charge in [-0.05, 0) is 42.0 Å². The molecule has 21 heteroatoms. The third kappa shape index (κ3) is 86.5. The fraction of sp³-hybridized carbons (Fsp3) is 0.692. The molecule has 0 spiro atoms. The van der Waals surface area contributed by atoms with Gasteiger partial charge in [0.1, 0.15) is 0 Å². The molecule has 3 radical (unpaired) electrons. The Morgan fingerprint density at radius 2 is 0.553 bits per heavy atom. The number of hydrogen-bond acceptors (Lipinski definition) is 8. The first-order valence-electron chi connectivity index (χ1n) is 12.3. The Morgan fingerprint density at radius 1 is 0.404 bits per heavy atom. The molecule has 0 bridgehead atoms. The average molecular weight is 901 g/mol. The van der Waals surface area contributed by atoms with Crippen LogP contribution < -0.4 is 0 Å². The quantitative estimate of drug-likeness (QED) is 0.219. The van der Waals surface area contributed by atoms with Gasteiger partial charge >= 0.3 is 11.8 Å². The van der Waals surface area contributed by atoms with Crippen molar-refractivity contribution >= 4 is 48.5 Å². The van der Waals surface area contributed by atoms with E-state index >= 15 is 0 Å². The summed E-state index contributed by atoms with van der Waals surface area (Å²) >= 11 is 0. The minimum atomic E-state index is -0.495. The first kappa shape index (κ1) is 71.6. The summed E-state index contributed by atoms with van der Waals surface area (Å²) < 4.78 is 0. The van der Waals surface area contributed by atoms with Gasteiger partial charge in [-0.25, -0.2) is 0 Å². The van der Waals surface area contributed by atoms with E-state index < -0.39 is 11.8 Å². The summed E-state index contributed by atoms with van der Waals surface area (Å²) in [6.07, 6.45) is 3.22. The maximum Gasteiger partial charge on any atom is 0.311 e. The van der Waals surface area contributed by atoms with Gasteiger partial charge in [0.2, 0.25) is 0 Å². The van der Waals surface area contributed by atoms with Gasteiger partial charge in [-0.15, -0.1) is 14.1 Å². The molecule has 0 aromatic carbocycles. The first-order valence-corrected chi connectivity index (χ1v) is 12.3. The van der Waals surface area contributed by atoms with E-state index in [0.29, 0.717) is 0 Å². The molecular formula is C26H54N10O8Y3-6. The van der Waals surface area contributed by atoms with E-state index in [1.165, 1.54) is 71.4 Å².